The summed E-state index contributed by atoms with van der Waals surface area (Å²) in [6, 6.07) is 8.62. The van der Waals surface area contributed by atoms with Gasteiger partial charge in [-0.3, -0.25) is 4.79 Å². The van der Waals surface area contributed by atoms with Crippen molar-refractivity contribution in [3.05, 3.63) is 63.4 Å². The van der Waals surface area contributed by atoms with Gasteiger partial charge in [0.1, 0.15) is 5.82 Å². The molecule has 0 fully saturated rings. The van der Waals surface area contributed by atoms with E-state index in [0.717, 1.165) is 22.2 Å². The summed E-state index contributed by atoms with van der Waals surface area (Å²) in [6.07, 6.45) is 0. The molecule has 0 heterocycles. The molecule has 108 valence electrons. The molecule has 0 atom stereocenters. The maximum Gasteiger partial charge on any atom is 0.338 e. The fourth-order valence-corrected chi connectivity index (χ4v) is 2.32. The van der Waals surface area contributed by atoms with Crippen molar-refractivity contribution in [3.8, 4) is 0 Å². The van der Waals surface area contributed by atoms with Crippen LogP contribution in [0.5, 0.6) is 0 Å². The zero-order valence-electron chi connectivity index (χ0n) is 11.0. The summed E-state index contributed by atoms with van der Waals surface area (Å²) in [5, 5.41) is 11.3. The topological polar surface area (TPSA) is 66.4 Å². The molecule has 0 aliphatic carbocycles. The molecule has 2 rings (SSSR count). The molecule has 6 heteroatoms. The van der Waals surface area contributed by atoms with Crippen LogP contribution in [0.25, 0.3) is 0 Å². The van der Waals surface area contributed by atoms with Crippen LogP contribution in [0.1, 0.15) is 26.3 Å². The Morgan fingerprint density at radius 3 is 2.38 bits per heavy atom. The Hall–Kier alpha value is -2.21. The average Bonchev–Trinajstić information content (AvgIpc) is 2.37. The van der Waals surface area contributed by atoms with Crippen LogP contribution >= 0.6 is 15.9 Å². The first-order valence-electron chi connectivity index (χ1n) is 5.99. The molecule has 0 radical (unpaired) electrons. The van der Waals surface area contributed by atoms with Crippen molar-refractivity contribution in [1.29, 1.82) is 0 Å². The number of carbonyl (C=O) groups is 2. The Balaban J connectivity index is 2.23. The van der Waals surface area contributed by atoms with Gasteiger partial charge in [0.2, 0.25) is 0 Å². The number of carbonyl (C=O) groups excluding carboxylic acids is 1. The van der Waals surface area contributed by atoms with Crippen LogP contribution in [0, 0.1) is 12.7 Å². The third-order valence-corrected chi connectivity index (χ3v) is 3.38. The number of amides is 1. The van der Waals surface area contributed by atoms with Gasteiger partial charge >= 0.3 is 5.97 Å². The minimum Gasteiger partial charge on any atom is -0.478 e. The minimum absolute atomic E-state index is 0.199. The second-order valence-electron chi connectivity index (χ2n) is 4.41. The molecule has 0 saturated carbocycles. The lowest BCUT2D eigenvalue weighted by molar-refractivity contribution is 0.0692. The highest BCUT2D eigenvalue weighted by Gasteiger charge is 2.13. The molecule has 0 unspecified atom stereocenters. The van der Waals surface area contributed by atoms with Gasteiger partial charge in [0, 0.05) is 15.7 Å². The van der Waals surface area contributed by atoms with Crippen LogP contribution in [0.4, 0.5) is 10.1 Å². The molecular weight excluding hydrogens is 341 g/mol. The van der Waals surface area contributed by atoms with Crippen LogP contribution < -0.4 is 5.32 Å². The zero-order chi connectivity index (χ0) is 15.6. The van der Waals surface area contributed by atoms with Gasteiger partial charge in [0.25, 0.3) is 5.91 Å². The monoisotopic (exact) mass is 351 g/mol. The predicted octanol–water partition coefficient (Wildman–Crippen LogP) is 3.85. The lowest BCUT2D eigenvalue weighted by Crippen LogP contribution is -2.14. The van der Waals surface area contributed by atoms with E-state index in [1.54, 1.807) is 25.1 Å². The second kappa shape index (κ2) is 6.05. The highest BCUT2D eigenvalue weighted by atomic mass is 79.9. The smallest absolute Gasteiger partial charge is 0.338 e. The SMILES string of the molecule is Cc1cc(Br)ccc1C(=O)Nc1ccc(C(=O)O)c(F)c1. The van der Waals surface area contributed by atoms with E-state index in [1.165, 1.54) is 6.07 Å². The summed E-state index contributed by atoms with van der Waals surface area (Å²) in [4.78, 5) is 22.8. The summed E-state index contributed by atoms with van der Waals surface area (Å²) in [7, 11) is 0. The zero-order valence-corrected chi connectivity index (χ0v) is 12.6. The lowest BCUT2D eigenvalue weighted by atomic mass is 10.1. The van der Waals surface area contributed by atoms with Gasteiger partial charge in [-0.15, -0.1) is 0 Å². The minimum atomic E-state index is -1.35. The largest absolute Gasteiger partial charge is 0.478 e. The van der Waals surface area contributed by atoms with Gasteiger partial charge in [-0.25, -0.2) is 9.18 Å². The first kappa shape index (κ1) is 15.2. The highest BCUT2D eigenvalue weighted by Crippen LogP contribution is 2.19. The molecule has 0 aliphatic rings. The molecule has 21 heavy (non-hydrogen) atoms. The summed E-state index contributed by atoms with van der Waals surface area (Å²) in [5.41, 5.74) is 0.989. The van der Waals surface area contributed by atoms with E-state index < -0.39 is 17.3 Å². The summed E-state index contributed by atoms with van der Waals surface area (Å²) in [5.74, 6) is -2.63. The number of nitrogens with one attached hydrogen (secondary N) is 1. The van der Waals surface area contributed by atoms with E-state index in [0.29, 0.717) is 5.56 Å². The first-order valence-corrected chi connectivity index (χ1v) is 6.78. The second-order valence-corrected chi connectivity index (χ2v) is 5.33. The van der Waals surface area contributed by atoms with Crippen LogP contribution in [0.3, 0.4) is 0 Å². The van der Waals surface area contributed by atoms with Gasteiger partial charge < -0.3 is 10.4 Å². The molecule has 1 amide bonds. The van der Waals surface area contributed by atoms with E-state index in [4.69, 9.17) is 5.11 Å². The van der Waals surface area contributed by atoms with E-state index >= 15 is 0 Å². The third-order valence-electron chi connectivity index (χ3n) is 2.89. The summed E-state index contributed by atoms with van der Waals surface area (Å²) in [6.45, 7) is 1.79. The number of aromatic carboxylic acids is 1. The van der Waals surface area contributed by atoms with Crippen molar-refractivity contribution in [2.75, 3.05) is 5.32 Å². The van der Waals surface area contributed by atoms with Crippen molar-refractivity contribution in [2.24, 2.45) is 0 Å². The van der Waals surface area contributed by atoms with Crippen LogP contribution in [-0.2, 0) is 0 Å². The number of halogens is 2. The van der Waals surface area contributed by atoms with Crippen molar-refractivity contribution >= 4 is 33.5 Å². The van der Waals surface area contributed by atoms with E-state index in [2.05, 4.69) is 21.2 Å². The van der Waals surface area contributed by atoms with E-state index in [9.17, 15) is 14.0 Å². The van der Waals surface area contributed by atoms with Crippen LogP contribution in [0.15, 0.2) is 40.9 Å². The predicted molar refractivity (Wildman–Crippen MR) is 80.2 cm³/mol. The molecule has 0 aromatic heterocycles. The average molecular weight is 352 g/mol. The molecule has 0 aliphatic heterocycles. The normalized spacial score (nSPS) is 10.2. The maximum absolute atomic E-state index is 13.5. The fraction of sp³-hybridized carbons (Fsp3) is 0.0667. The van der Waals surface area contributed by atoms with Crippen molar-refractivity contribution in [3.63, 3.8) is 0 Å². The van der Waals surface area contributed by atoms with Crippen molar-refractivity contribution in [2.45, 2.75) is 6.92 Å². The number of carboxylic acids is 1. The van der Waals surface area contributed by atoms with Gasteiger partial charge in [0.15, 0.2) is 0 Å². The molecule has 0 saturated heterocycles. The van der Waals surface area contributed by atoms with Gasteiger partial charge in [0.05, 0.1) is 5.56 Å². The Bertz CT molecular complexity index is 731. The number of aryl methyl sites for hydroxylation is 1. The Labute approximate surface area is 128 Å². The summed E-state index contributed by atoms with van der Waals surface area (Å²) >= 11 is 3.31. The molecule has 0 bridgehead atoms. The molecule has 2 aromatic carbocycles. The van der Waals surface area contributed by atoms with Crippen molar-refractivity contribution < 1.29 is 19.1 Å². The highest BCUT2D eigenvalue weighted by molar-refractivity contribution is 9.10. The van der Waals surface area contributed by atoms with Crippen LogP contribution in [0.2, 0.25) is 0 Å². The third kappa shape index (κ3) is 3.46. The van der Waals surface area contributed by atoms with Gasteiger partial charge in [-0.05, 0) is 48.9 Å². The van der Waals surface area contributed by atoms with E-state index in [-0.39, 0.29) is 11.6 Å². The van der Waals surface area contributed by atoms with Gasteiger partial charge in [-0.2, -0.15) is 0 Å². The lowest BCUT2D eigenvalue weighted by Gasteiger charge is -2.09. The number of anilines is 1. The fourth-order valence-electron chi connectivity index (χ4n) is 1.85. The molecule has 2 aromatic rings. The Morgan fingerprint density at radius 1 is 1.14 bits per heavy atom. The van der Waals surface area contributed by atoms with Crippen molar-refractivity contribution in [1.82, 2.24) is 0 Å². The standard InChI is InChI=1S/C15H11BrFNO3/c1-8-6-9(16)2-4-11(8)14(19)18-10-3-5-12(15(20)21)13(17)7-10/h2-7H,1H3,(H,18,19)(H,20,21). The Kier molecular flexibility index (Phi) is 4.37. The number of hydrogen-bond acceptors (Lipinski definition) is 2. The summed E-state index contributed by atoms with van der Waals surface area (Å²) < 4.78 is 14.4. The van der Waals surface area contributed by atoms with Gasteiger partial charge in [-0.1, -0.05) is 15.9 Å². The molecule has 0 spiro atoms. The molecular formula is C15H11BrFNO3. The number of rotatable bonds is 3. The first-order chi connectivity index (χ1) is 9.88. The molecule has 4 nitrogen and oxygen atoms in total. The Morgan fingerprint density at radius 2 is 1.81 bits per heavy atom. The number of hydrogen-bond donors (Lipinski definition) is 2. The molecule has 2 N–H and O–H groups in total. The quantitative estimate of drug-likeness (QED) is 0.882. The van der Waals surface area contributed by atoms with E-state index in [1.807, 2.05) is 0 Å². The van der Waals surface area contributed by atoms with Crippen LogP contribution in [-0.4, -0.2) is 17.0 Å². The number of benzene rings is 2. The maximum atomic E-state index is 13.5. The number of carboxylic acid groups (broad SMARTS) is 1.